The van der Waals surface area contributed by atoms with Crippen LogP contribution in [0.4, 0.5) is 18.9 Å². The maximum Gasteiger partial charge on any atom is 0.416 e. The van der Waals surface area contributed by atoms with E-state index in [2.05, 4.69) is 6.58 Å². The summed E-state index contributed by atoms with van der Waals surface area (Å²) in [7, 11) is 0. The smallest absolute Gasteiger partial charge is 0.288 e. The summed E-state index contributed by atoms with van der Waals surface area (Å²) in [5, 5.41) is 0. The number of hydrogen-bond acceptors (Lipinski definition) is 2. The van der Waals surface area contributed by atoms with Crippen molar-refractivity contribution in [3.8, 4) is 0 Å². The fourth-order valence-corrected chi connectivity index (χ4v) is 2.80. The molecule has 0 radical (unpaired) electrons. The fourth-order valence-electron chi connectivity index (χ4n) is 2.80. The number of ketones is 1. The van der Waals surface area contributed by atoms with E-state index in [4.69, 9.17) is 0 Å². The average molecular weight is 357 g/mol. The Balaban J connectivity index is 2.01. The number of carbonyl (C=O) groups is 2. The zero-order chi connectivity index (χ0) is 19.1. The van der Waals surface area contributed by atoms with Crippen molar-refractivity contribution in [1.29, 1.82) is 0 Å². The van der Waals surface area contributed by atoms with Crippen LogP contribution >= 0.6 is 0 Å². The average Bonchev–Trinajstić information content (AvgIpc) is 2.84. The third-order valence-corrected chi connectivity index (χ3v) is 4.19. The largest absolute Gasteiger partial charge is 0.416 e. The predicted molar refractivity (Wildman–Crippen MR) is 91.5 cm³/mol. The maximum atomic E-state index is 13.0. The minimum Gasteiger partial charge on any atom is -0.288 e. The van der Waals surface area contributed by atoms with E-state index in [1.165, 1.54) is 12.1 Å². The summed E-state index contributed by atoms with van der Waals surface area (Å²) < 4.78 is 38.9. The first-order valence-electron chi connectivity index (χ1n) is 7.73. The van der Waals surface area contributed by atoms with Gasteiger partial charge < -0.3 is 0 Å². The van der Waals surface area contributed by atoms with Gasteiger partial charge in [-0.1, -0.05) is 43.0 Å². The summed E-state index contributed by atoms with van der Waals surface area (Å²) in [6.45, 7) is 5.33. The van der Waals surface area contributed by atoms with Crippen molar-refractivity contribution >= 4 is 17.4 Å². The molecular formula is C20H14F3NO2. The molecule has 0 aliphatic carbocycles. The third kappa shape index (κ3) is 2.94. The lowest BCUT2D eigenvalue weighted by atomic mass is 10.0. The number of nitrogens with zero attached hydrogens (tertiary/aromatic N) is 1. The van der Waals surface area contributed by atoms with Gasteiger partial charge in [-0.3, -0.25) is 14.5 Å². The van der Waals surface area contributed by atoms with Crippen LogP contribution in [0.2, 0.25) is 0 Å². The molecule has 0 fully saturated rings. The molecule has 132 valence electrons. The normalized spacial score (nSPS) is 15.0. The van der Waals surface area contributed by atoms with Gasteiger partial charge in [-0.25, -0.2) is 0 Å². The molecule has 3 rings (SSSR count). The molecule has 0 aromatic heterocycles. The maximum absolute atomic E-state index is 13.0. The molecule has 26 heavy (non-hydrogen) atoms. The quantitative estimate of drug-likeness (QED) is 0.586. The molecular weight excluding hydrogens is 343 g/mol. The van der Waals surface area contributed by atoms with Gasteiger partial charge in [0, 0.05) is 16.9 Å². The molecule has 0 N–H and O–H groups in total. The third-order valence-electron chi connectivity index (χ3n) is 4.19. The van der Waals surface area contributed by atoms with Crippen LogP contribution < -0.4 is 4.90 Å². The van der Waals surface area contributed by atoms with Crippen LogP contribution in [-0.2, 0) is 11.0 Å². The van der Waals surface area contributed by atoms with E-state index in [9.17, 15) is 22.8 Å². The van der Waals surface area contributed by atoms with Crippen molar-refractivity contribution in [3.63, 3.8) is 0 Å². The molecule has 1 heterocycles. The summed E-state index contributed by atoms with van der Waals surface area (Å²) in [6.07, 6.45) is -4.54. The molecule has 6 heteroatoms. The number of rotatable bonds is 3. The summed E-state index contributed by atoms with van der Waals surface area (Å²) in [5.41, 5.74) is -0.0801. The highest BCUT2D eigenvalue weighted by Crippen LogP contribution is 2.37. The molecule has 0 saturated carbocycles. The van der Waals surface area contributed by atoms with Crippen molar-refractivity contribution in [1.82, 2.24) is 0 Å². The Bertz CT molecular complexity index is 943. The highest BCUT2D eigenvalue weighted by Gasteiger charge is 2.38. The van der Waals surface area contributed by atoms with Crippen LogP contribution in [0.3, 0.4) is 0 Å². The highest BCUT2D eigenvalue weighted by atomic mass is 19.4. The number of carbonyl (C=O) groups excluding carboxylic acids is 2. The highest BCUT2D eigenvalue weighted by molar-refractivity contribution is 6.33. The van der Waals surface area contributed by atoms with Crippen molar-refractivity contribution < 1.29 is 22.8 Å². The first-order valence-corrected chi connectivity index (χ1v) is 7.73. The van der Waals surface area contributed by atoms with E-state index < -0.39 is 23.4 Å². The number of Topliss-reactive ketones (excluding diaryl/α,β-unsaturated/α-hetero) is 1. The molecule has 2 aromatic carbocycles. The number of benzene rings is 2. The van der Waals surface area contributed by atoms with Crippen LogP contribution in [-0.4, -0.2) is 11.7 Å². The molecule has 0 saturated heterocycles. The van der Waals surface area contributed by atoms with Gasteiger partial charge in [0.15, 0.2) is 5.78 Å². The Kier molecular flexibility index (Phi) is 4.28. The van der Waals surface area contributed by atoms with Gasteiger partial charge in [-0.05, 0) is 30.7 Å². The minimum atomic E-state index is -4.54. The van der Waals surface area contributed by atoms with Crippen LogP contribution in [0, 0.1) is 0 Å². The van der Waals surface area contributed by atoms with Crippen LogP contribution in [0.1, 0.15) is 22.8 Å². The predicted octanol–water partition coefficient (Wildman–Crippen LogP) is 4.77. The van der Waals surface area contributed by atoms with Gasteiger partial charge in [0.05, 0.1) is 11.1 Å². The zero-order valence-corrected chi connectivity index (χ0v) is 13.8. The van der Waals surface area contributed by atoms with Gasteiger partial charge in [0.25, 0.3) is 5.91 Å². The Hall–Kier alpha value is -3.15. The molecule has 1 aliphatic heterocycles. The Morgan fingerprint density at radius 2 is 1.69 bits per heavy atom. The number of hydrogen-bond donors (Lipinski definition) is 0. The SMILES string of the molecule is C=C1C(C)=C(C(=O)c2ccccc2)C(=O)N1c1cccc(C(F)(F)F)c1. The van der Waals surface area contributed by atoms with E-state index in [1.54, 1.807) is 37.3 Å². The number of amides is 1. The van der Waals surface area contributed by atoms with Gasteiger partial charge in [-0.15, -0.1) is 0 Å². The van der Waals surface area contributed by atoms with E-state index in [-0.39, 0.29) is 17.0 Å². The van der Waals surface area contributed by atoms with Crippen LogP contribution in [0.25, 0.3) is 0 Å². The first-order chi connectivity index (χ1) is 12.2. The van der Waals surface area contributed by atoms with Gasteiger partial charge in [0.1, 0.15) is 0 Å². The Morgan fingerprint density at radius 1 is 1.04 bits per heavy atom. The minimum absolute atomic E-state index is 0.0186. The van der Waals surface area contributed by atoms with E-state index in [0.29, 0.717) is 11.1 Å². The topological polar surface area (TPSA) is 37.4 Å². The lowest BCUT2D eigenvalue weighted by Crippen LogP contribution is -2.27. The monoisotopic (exact) mass is 357 g/mol. The molecule has 1 amide bonds. The lowest BCUT2D eigenvalue weighted by Gasteiger charge is -2.20. The van der Waals surface area contributed by atoms with Gasteiger partial charge in [0.2, 0.25) is 0 Å². The number of alkyl halides is 3. The molecule has 0 unspecified atom stereocenters. The summed E-state index contributed by atoms with van der Waals surface area (Å²) in [5.74, 6) is -1.16. The van der Waals surface area contributed by atoms with Gasteiger partial charge >= 0.3 is 6.18 Å². The van der Waals surface area contributed by atoms with E-state index in [1.807, 2.05) is 0 Å². The van der Waals surface area contributed by atoms with E-state index in [0.717, 1.165) is 17.0 Å². The summed E-state index contributed by atoms with van der Waals surface area (Å²) in [6, 6.07) is 12.6. The second kappa shape index (κ2) is 6.29. The molecule has 1 aliphatic rings. The number of anilines is 1. The first kappa shape index (κ1) is 17.7. The van der Waals surface area contributed by atoms with Crippen molar-refractivity contribution in [3.05, 3.63) is 89.1 Å². The molecule has 0 atom stereocenters. The second-order valence-electron chi connectivity index (χ2n) is 5.83. The van der Waals surface area contributed by atoms with Crippen molar-refractivity contribution in [2.75, 3.05) is 4.90 Å². The Morgan fingerprint density at radius 3 is 2.31 bits per heavy atom. The van der Waals surface area contributed by atoms with E-state index >= 15 is 0 Å². The summed E-state index contributed by atoms with van der Waals surface area (Å²) in [4.78, 5) is 26.5. The molecule has 0 spiro atoms. The summed E-state index contributed by atoms with van der Waals surface area (Å²) >= 11 is 0. The zero-order valence-electron chi connectivity index (χ0n) is 13.8. The standard InChI is InChI=1S/C20H14F3NO2/c1-12-13(2)24(16-10-6-9-15(11-16)20(21,22)23)19(26)17(12)18(25)14-7-4-3-5-8-14/h3-11H,2H2,1H3. The number of halogens is 3. The fraction of sp³-hybridized carbons (Fsp3) is 0.100. The molecule has 0 bridgehead atoms. The Labute approximate surface area is 148 Å². The van der Waals surface area contributed by atoms with Crippen LogP contribution in [0.15, 0.2) is 78.0 Å². The number of allylic oxidation sites excluding steroid dienone is 1. The van der Waals surface area contributed by atoms with Crippen molar-refractivity contribution in [2.24, 2.45) is 0 Å². The molecule has 2 aromatic rings. The van der Waals surface area contributed by atoms with Gasteiger partial charge in [-0.2, -0.15) is 13.2 Å². The van der Waals surface area contributed by atoms with Crippen molar-refractivity contribution in [2.45, 2.75) is 13.1 Å². The molecule has 3 nitrogen and oxygen atoms in total. The van der Waals surface area contributed by atoms with Crippen LogP contribution in [0.5, 0.6) is 0 Å². The second-order valence-corrected chi connectivity index (χ2v) is 5.83. The lowest BCUT2D eigenvalue weighted by molar-refractivity contribution is -0.137.